The second-order valence-corrected chi connectivity index (χ2v) is 7.06. The third-order valence-electron chi connectivity index (χ3n) is 4.40. The van der Waals surface area contributed by atoms with E-state index in [4.69, 9.17) is 4.42 Å². The molecular formula is C23H17FN2O2S. The third kappa shape index (κ3) is 3.93. The summed E-state index contributed by atoms with van der Waals surface area (Å²) in [4.78, 5) is 18.2. The first kappa shape index (κ1) is 19.0. The van der Waals surface area contributed by atoms with Gasteiger partial charge in [0.05, 0.1) is 23.0 Å². The summed E-state index contributed by atoms with van der Waals surface area (Å²) >= 11 is 1.55. The van der Waals surface area contributed by atoms with E-state index in [2.05, 4.69) is 10.3 Å². The molecule has 0 aliphatic carbocycles. The Kier molecular flexibility index (Phi) is 5.44. The molecule has 1 amide bonds. The van der Waals surface area contributed by atoms with Crippen molar-refractivity contribution >= 4 is 23.4 Å². The van der Waals surface area contributed by atoms with Crippen molar-refractivity contribution in [1.29, 1.82) is 0 Å². The lowest BCUT2D eigenvalue weighted by Crippen LogP contribution is -2.13. The Hall–Kier alpha value is -3.38. The minimum Gasteiger partial charge on any atom is -0.436 e. The first-order valence-corrected chi connectivity index (χ1v) is 10.1. The van der Waals surface area contributed by atoms with Gasteiger partial charge in [-0.05, 0) is 42.7 Å². The fraction of sp³-hybridized carbons (Fsp3) is 0.0435. The molecule has 0 fully saturated rings. The number of thioether (sulfide) groups is 1. The predicted molar refractivity (Wildman–Crippen MR) is 114 cm³/mol. The number of oxazole rings is 1. The number of para-hydroxylation sites is 1. The normalized spacial score (nSPS) is 10.7. The summed E-state index contributed by atoms with van der Waals surface area (Å²) in [6.07, 6.45) is 3.42. The average molecular weight is 404 g/mol. The van der Waals surface area contributed by atoms with E-state index in [1.54, 1.807) is 54.2 Å². The van der Waals surface area contributed by atoms with Crippen LogP contribution in [0.5, 0.6) is 0 Å². The van der Waals surface area contributed by atoms with Crippen molar-refractivity contribution in [1.82, 2.24) is 4.98 Å². The van der Waals surface area contributed by atoms with Gasteiger partial charge < -0.3 is 9.73 Å². The van der Waals surface area contributed by atoms with E-state index in [9.17, 15) is 9.18 Å². The Balaban J connectivity index is 1.67. The Bertz CT molecular complexity index is 1170. The van der Waals surface area contributed by atoms with Gasteiger partial charge in [0, 0.05) is 10.5 Å². The van der Waals surface area contributed by atoms with Crippen molar-refractivity contribution in [2.75, 3.05) is 11.6 Å². The van der Waals surface area contributed by atoms with Crippen LogP contribution in [0.2, 0.25) is 0 Å². The molecule has 0 unspecified atom stereocenters. The molecule has 144 valence electrons. The molecule has 4 aromatic rings. The first-order valence-electron chi connectivity index (χ1n) is 8.92. The predicted octanol–water partition coefficient (Wildman–Crippen LogP) is 6.12. The zero-order chi connectivity index (χ0) is 20.2. The Labute approximate surface area is 171 Å². The fourth-order valence-corrected chi connectivity index (χ4v) is 3.54. The van der Waals surface area contributed by atoms with Crippen LogP contribution in [0.25, 0.3) is 22.8 Å². The number of nitrogens with zero attached hydrogens (tertiary/aromatic N) is 1. The number of benzene rings is 3. The number of hydrogen-bond donors (Lipinski definition) is 1. The summed E-state index contributed by atoms with van der Waals surface area (Å²) in [6, 6.07) is 21.0. The number of aromatic nitrogens is 1. The fourth-order valence-electron chi connectivity index (χ4n) is 2.99. The number of nitrogens with one attached hydrogen (secondary N) is 1. The quantitative estimate of drug-likeness (QED) is 0.407. The topological polar surface area (TPSA) is 55.1 Å². The average Bonchev–Trinajstić information content (AvgIpc) is 3.24. The van der Waals surface area contributed by atoms with Gasteiger partial charge in [-0.25, -0.2) is 9.37 Å². The molecular weight excluding hydrogens is 387 g/mol. The van der Waals surface area contributed by atoms with Gasteiger partial charge in [-0.1, -0.05) is 36.4 Å². The van der Waals surface area contributed by atoms with Crippen LogP contribution in [-0.4, -0.2) is 17.1 Å². The van der Waals surface area contributed by atoms with Gasteiger partial charge in [-0.3, -0.25) is 4.79 Å². The van der Waals surface area contributed by atoms with Crippen LogP contribution in [0.4, 0.5) is 10.1 Å². The van der Waals surface area contributed by atoms with Crippen LogP contribution in [0, 0.1) is 5.82 Å². The van der Waals surface area contributed by atoms with E-state index < -0.39 is 5.82 Å². The third-order valence-corrected chi connectivity index (χ3v) is 5.20. The van der Waals surface area contributed by atoms with E-state index in [0.29, 0.717) is 22.5 Å². The summed E-state index contributed by atoms with van der Waals surface area (Å²) in [6.45, 7) is 0. The molecule has 29 heavy (non-hydrogen) atoms. The standard InChI is InChI=1S/C23H17FN2O2S/c1-29-21-13-7-6-12-19(21)26-22(27)15-8-2-3-9-16(15)23-25-14-20(28-23)17-10-4-5-11-18(17)24/h2-14H,1H3,(H,26,27). The Morgan fingerprint density at radius 3 is 2.45 bits per heavy atom. The van der Waals surface area contributed by atoms with Gasteiger partial charge in [-0.2, -0.15) is 0 Å². The van der Waals surface area contributed by atoms with Crippen molar-refractivity contribution < 1.29 is 13.6 Å². The molecule has 1 heterocycles. The van der Waals surface area contributed by atoms with Crippen LogP contribution in [0.3, 0.4) is 0 Å². The van der Waals surface area contributed by atoms with Gasteiger partial charge in [-0.15, -0.1) is 11.8 Å². The number of halogens is 1. The lowest BCUT2D eigenvalue weighted by Gasteiger charge is -2.11. The van der Waals surface area contributed by atoms with Gasteiger partial charge in [0.15, 0.2) is 5.76 Å². The Morgan fingerprint density at radius 2 is 1.66 bits per heavy atom. The summed E-state index contributed by atoms with van der Waals surface area (Å²) in [5.74, 6) is -0.101. The molecule has 1 N–H and O–H groups in total. The van der Waals surface area contributed by atoms with E-state index in [-0.39, 0.29) is 11.8 Å². The molecule has 0 spiro atoms. The number of carbonyl (C=O) groups is 1. The molecule has 0 bridgehead atoms. The number of amides is 1. The maximum atomic E-state index is 14.1. The van der Waals surface area contributed by atoms with Crippen LogP contribution in [0.1, 0.15) is 10.4 Å². The van der Waals surface area contributed by atoms with Crippen LogP contribution < -0.4 is 5.32 Å². The lowest BCUT2D eigenvalue weighted by molar-refractivity contribution is 0.102. The minimum atomic E-state index is -0.394. The van der Waals surface area contributed by atoms with Gasteiger partial charge in [0.25, 0.3) is 5.91 Å². The molecule has 6 heteroatoms. The zero-order valence-corrected chi connectivity index (χ0v) is 16.4. The lowest BCUT2D eigenvalue weighted by atomic mass is 10.1. The van der Waals surface area contributed by atoms with Crippen LogP contribution in [-0.2, 0) is 0 Å². The number of carbonyl (C=O) groups excluding carboxylic acids is 1. The van der Waals surface area contributed by atoms with Crippen molar-refractivity contribution in [2.24, 2.45) is 0 Å². The van der Waals surface area contributed by atoms with E-state index >= 15 is 0 Å². The summed E-state index contributed by atoms with van der Waals surface area (Å²) in [7, 11) is 0. The summed E-state index contributed by atoms with van der Waals surface area (Å²) < 4.78 is 19.8. The second-order valence-electron chi connectivity index (χ2n) is 6.21. The highest BCUT2D eigenvalue weighted by Gasteiger charge is 2.18. The highest BCUT2D eigenvalue weighted by Crippen LogP contribution is 2.31. The van der Waals surface area contributed by atoms with Crippen molar-refractivity contribution in [3.8, 4) is 22.8 Å². The van der Waals surface area contributed by atoms with E-state index in [1.807, 2.05) is 30.5 Å². The Morgan fingerprint density at radius 1 is 0.966 bits per heavy atom. The van der Waals surface area contributed by atoms with Gasteiger partial charge in [0.2, 0.25) is 5.89 Å². The SMILES string of the molecule is CSc1ccccc1NC(=O)c1ccccc1-c1ncc(-c2ccccc2F)o1. The minimum absolute atomic E-state index is 0.257. The highest BCUT2D eigenvalue weighted by atomic mass is 32.2. The number of hydrogen-bond acceptors (Lipinski definition) is 4. The van der Waals surface area contributed by atoms with Crippen LogP contribution in [0.15, 0.2) is 88.3 Å². The number of rotatable bonds is 5. The molecule has 0 radical (unpaired) electrons. The second kappa shape index (κ2) is 8.32. The smallest absolute Gasteiger partial charge is 0.256 e. The summed E-state index contributed by atoms with van der Waals surface area (Å²) in [5.41, 5.74) is 2.01. The van der Waals surface area contributed by atoms with Gasteiger partial charge in [0.1, 0.15) is 5.82 Å². The molecule has 0 aliphatic rings. The van der Waals surface area contributed by atoms with E-state index in [1.165, 1.54) is 12.3 Å². The largest absolute Gasteiger partial charge is 0.436 e. The molecule has 4 nitrogen and oxygen atoms in total. The summed E-state index contributed by atoms with van der Waals surface area (Å²) in [5, 5.41) is 2.95. The van der Waals surface area contributed by atoms with E-state index in [0.717, 1.165) is 10.6 Å². The molecule has 0 atom stereocenters. The van der Waals surface area contributed by atoms with Crippen LogP contribution >= 0.6 is 11.8 Å². The molecule has 3 aromatic carbocycles. The molecule has 0 saturated carbocycles. The maximum Gasteiger partial charge on any atom is 0.256 e. The first-order chi connectivity index (χ1) is 14.2. The molecule has 0 saturated heterocycles. The van der Waals surface area contributed by atoms with Crippen molar-refractivity contribution in [2.45, 2.75) is 4.90 Å². The monoisotopic (exact) mass is 404 g/mol. The zero-order valence-electron chi connectivity index (χ0n) is 15.6. The molecule has 1 aromatic heterocycles. The molecule has 0 aliphatic heterocycles. The highest BCUT2D eigenvalue weighted by molar-refractivity contribution is 7.98. The van der Waals surface area contributed by atoms with Crippen molar-refractivity contribution in [3.05, 3.63) is 90.4 Å². The maximum absolute atomic E-state index is 14.1. The number of anilines is 1. The van der Waals surface area contributed by atoms with Gasteiger partial charge >= 0.3 is 0 Å². The molecule has 4 rings (SSSR count). The van der Waals surface area contributed by atoms with Crippen molar-refractivity contribution in [3.63, 3.8) is 0 Å².